The second-order valence-corrected chi connectivity index (χ2v) is 5.29. The van der Waals surface area contributed by atoms with Gasteiger partial charge in [-0.25, -0.2) is 9.59 Å². The molecule has 0 unspecified atom stereocenters. The first-order chi connectivity index (χ1) is 10.9. The van der Waals surface area contributed by atoms with Gasteiger partial charge in [-0.2, -0.15) is 8.78 Å². The Bertz CT molecular complexity index is 569. The highest BCUT2D eigenvalue weighted by atomic mass is 32.2. The van der Waals surface area contributed by atoms with Crippen LogP contribution in [-0.4, -0.2) is 36.8 Å². The highest BCUT2D eigenvalue weighted by Crippen LogP contribution is 2.28. The van der Waals surface area contributed by atoms with Gasteiger partial charge in [-0.1, -0.05) is 30.8 Å². The highest BCUT2D eigenvalue weighted by Gasteiger charge is 2.17. The van der Waals surface area contributed by atoms with Crippen molar-refractivity contribution in [2.75, 3.05) is 13.2 Å². The van der Waals surface area contributed by atoms with Crippen LogP contribution in [0, 0.1) is 0 Å². The van der Waals surface area contributed by atoms with Crippen molar-refractivity contribution in [3.8, 4) is 0 Å². The number of benzene rings is 1. The number of rotatable bonds is 7. The molecule has 23 heavy (non-hydrogen) atoms. The lowest BCUT2D eigenvalue weighted by Crippen LogP contribution is -2.41. The monoisotopic (exact) mass is 346 g/mol. The minimum atomic E-state index is -2.69. The molecule has 0 radical (unpaired) electrons. The largest absolute Gasteiger partial charge is 0.452 e. The van der Waals surface area contributed by atoms with E-state index in [0.717, 1.165) is 0 Å². The Balaban J connectivity index is 2.54. The zero-order valence-electron chi connectivity index (χ0n) is 12.3. The van der Waals surface area contributed by atoms with Gasteiger partial charge in [0.1, 0.15) is 0 Å². The molecule has 1 rings (SSSR count). The smallest absolute Gasteiger partial charge is 0.339 e. The Labute approximate surface area is 136 Å². The topological polar surface area (TPSA) is 84.5 Å². The quantitative estimate of drug-likeness (QED) is 0.585. The van der Waals surface area contributed by atoms with Gasteiger partial charge in [0.05, 0.1) is 5.56 Å². The molecule has 0 bridgehead atoms. The molecule has 126 valence electrons. The zero-order valence-corrected chi connectivity index (χ0v) is 13.1. The molecular weight excluding hydrogens is 330 g/mol. The van der Waals surface area contributed by atoms with Crippen molar-refractivity contribution in [3.63, 3.8) is 0 Å². The van der Waals surface area contributed by atoms with Gasteiger partial charge in [0, 0.05) is 11.4 Å². The van der Waals surface area contributed by atoms with Gasteiger partial charge in [0.2, 0.25) is 0 Å². The van der Waals surface area contributed by atoms with Crippen LogP contribution in [-0.2, 0) is 9.53 Å². The SMILES string of the molecule is CCCNC(=O)NC(=O)COC(=O)c1ccccc1SC(F)F. The summed E-state index contributed by atoms with van der Waals surface area (Å²) in [5.74, 6) is -4.42. The molecule has 1 aromatic carbocycles. The van der Waals surface area contributed by atoms with E-state index in [9.17, 15) is 23.2 Å². The molecule has 9 heteroatoms. The van der Waals surface area contributed by atoms with Gasteiger partial charge in [0.25, 0.3) is 11.7 Å². The lowest BCUT2D eigenvalue weighted by molar-refractivity contribution is -0.123. The van der Waals surface area contributed by atoms with Gasteiger partial charge < -0.3 is 10.1 Å². The van der Waals surface area contributed by atoms with Crippen molar-refractivity contribution >= 4 is 29.7 Å². The van der Waals surface area contributed by atoms with Crippen LogP contribution in [0.25, 0.3) is 0 Å². The lowest BCUT2D eigenvalue weighted by atomic mass is 10.2. The molecular formula is C14H16F2N2O4S. The first-order valence-electron chi connectivity index (χ1n) is 6.72. The van der Waals surface area contributed by atoms with Gasteiger partial charge in [-0.05, 0) is 18.6 Å². The van der Waals surface area contributed by atoms with Crippen molar-refractivity contribution in [3.05, 3.63) is 29.8 Å². The molecule has 0 heterocycles. The number of carbonyl (C=O) groups excluding carboxylic acids is 3. The molecule has 0 spiro atoms. The number of ether oxygens (including phenoxy) is 1. The van der Waals surface area contributed by atoms with Crippen LogP contribution in [0.15, 0.2) is 29.2 Å². The fraction of sp³-hybridized carbons (Fsp3) is 0.357. The number of hydrogen-bond acceptors (Lipinski definition) is 5. The van der Waals surface area contributed by atoms with Crippen LogP contribution in [0.2, 0.25) is 0 Å². The molecule has 0 saturated heterocycles. The molecule has 0 aromatic heterocycles. The van der Waals surface area contributed by atoms with E-state index in [1.54, 1.807) is 0 Å². The maximum absolute atomic E-state index is 12.4. The van der Waals surface area contributed by atoms with Crippen LogP contribution in [0.5, 0.6) is 0 Å². The van der Waals surface area contributed by atoms with Crippen LogP contribution < -0.4 is 10.6 Å². The summed E-state index contributed by atoms with van der Waals surface area (Å²) in [7, 11) is 0. The maximum Gasteiger partial charge on any atom is 0.339 e. The van der Waals surface area contributed by atoms with E-state index >= 15 is 0 Å². The number of hydrogen-bond donors (Lipinski definition) is 2. The maximum atomic E-state index is 12.4. The van der Waals surface area contributed by atoms with E-state index in [1.165, 1.54) is 24.3 Å². The Morgan fingerprint density at radius 3 is 2.61 bits per heavy atom. The summed E-state index contributed by atoms with van der Waals surface area (Å²) in [4.78, 5) is 34.6. The van der Waals surface area contributed by atoms with E-state index in [-0.39, 0.29) is 22.2 Å². The number of esters is 1. The fourth-order valence-corrected chi connectivity index (χ4v) is 2.12. The predicted octanol–water partition coefficient (Wildman–Crippen LogP) is 2.39. The van der Waals surface area contributed by atoms with E-state index in [4.69, 9.17) is 4.74 Å². The van der Waals surface area contributed by atoms with Crippen molar-refractivity contribution in [1.29, 1.82) is 0 Å². The summed E-state index contributed by atoms with van der Waals surface area (Å²) in [5, 5.41) is 4.39. The molecule has 6 nitrogen and oxygen atoms in total. The number of thioether (sulfide) groups is 1. The number of nitrogens with one attached hydrogen (secondary N) is 2. The Kier molecular flexibility index (Phi) is 8.03. The van der Waals surface area contributed by atoms with Crippen LogP contribution in [0.3, 0.4) is 0 Å². The highest BCUT2D eigenvalue weighted by molar-refractivity contribution is 7.99. The van der Waals surface area contributed by atoms with Crippen molar-refractivity contribution in [2.45, 2.75) is 24.0 Å². The second-order valence-electron chi connectivity index (χ2n) is 4.25. The van der Waals surface area contributed by atoms with Crippen LogP contribution in [0.1, 0.15) is 23.7 Å². The lowest BCUT2D eigenvalue weighted by Gasteiger charge is -2.09. The standard InChI is InChI=1S/C14H16F2N2O4S/c1-2-7-17-14(21)18-11(19)8-22-12(20)9-5-3-4-6-10(9)23-13(15)16/h3-6,13H,2,7-8H2,1H3,(H2,17,18,19,21). The molecule has 0 aliphatic rings. The minimum Gasteiger partial charge on any atom is -0.452 e. The third-order valence-electron chi connectivity index (χ3n) is 2.45. The van der Waals surface area contributed by atoms with Gasteiger partial charge in [-0.15, -0.1) is 0 Å². The van der Waals surface area contributed by atoms with Gasteiger partial charge >= 0.3 is 12.0 Å². The Morgan fingerprint density at radius 1 is 1.26 bits per heavy atom. The van der Waals surface area contributed by atoms with Crippen molar-refractivity contribution in [1.82, 2.24) is 10.6 Å². The summed E-state index contributed by atoms with van der Waals surface area (Å²) < 4.78 is 29.6. The van der Waals surface area contributed by atoms with E-state index in [0.29, 0.717) is 13.0 Å². The van der Waals surface area contributed by atoms with E-state index in [1.807, 2.05) is 12.2 Å². The molecule has 0 aliphatic heterocycles. The molecule has 2 N–H and O–H groups in total. The average molecular weight is 346 g/mol. The summed E-state index contributed by atoms with van der Waals surface area (Å²) in [6, 6.07) is 4.97. The number of urea groups is 1. The van der Waals surface area contributed by atoms with Gasteiger partial charge in [-0.3, -0.25) is 10.1 Å². The number of halogens is 2. The Hall–Kier alpha value is -2.16. The van der Waals surface area contributed by atoms with Crippen LogP contribution in [0.4, 0.5) is 13.6 Å². The Morgan fingerprint density at radius 2 is 1.96 bits per heavy atom. The summed E-state index contributed by atoms with van der Waals surface area (Å²) >= 11 is 0.209. The number of amides is 3. The predicted molar refractivity (Wildman–Crippen MR) is 80.4 cm³/mol. The van der Waals surface area contributed by atoms with E-state index in [2.05, 4.69) is 5.32 Å². The third-order valence-corrected chi connectivity index (χ3v) is 3.23. The van der Waals surface area contributed by atoms with Crippen LogP contribution >= 0.6 is 11.8 Å². The second kappa shape index (κ2) is 9.78. The average Bonchev–Trinajstić information content (AvgIpc) is 2.50. The normalized spacial score (nSPS) is 10.3. The first kappa shape index (κ1) is 18.9. The molecule has 0 fully saturated rings. The summed E-state index contributed by atoms with van der Waals surface area (Å²) in [6.07, 6.45) is 0.704. The molecule has 0 aliphatic carbocycles. The molecule has 1 aromatic rings. The molecule has 0 saturated carbocycles. The molecule has 3 amide bonds. The summed E-state index contributed by atoms with van der Waals surface area (Å²) in [5.41, 5.74) is -0.0685. The first-order valence-corrected chi connectivity index (χ1v) is 7.60. The number of imide groups is 1. The van der Waals surface area contributed by atoms with Gasteiger partial charge in [0.15, 0.2) is 6.61 Å². The summed E-state index contributed by atoms with van der Waals surface area (Å²) in [6.45, 7) is 1.56. The zero-order chi connectivity index (χ0) is 17.2. The molecule has 0 atom stereocenters. The van der Waals surface area contributed by atoms with Crippen molar-refractivity contribution < 1.29 is 27.9 Å². The van der Waals surface area contributed by atoms with Crippen molar-refractivity contribution in [2.24, 2.45) is 0 Å². The number of alkyl halides is 2. The third kappa shape index (κ3) is 7.09. The van der Waals surface area contributed by atoms with E-state index < -0.39 is 30.3 Å². The minimum absolute atomic E-state index is 0.0496. The number of carbonyl (C=O) groups is 3. The fourth-order valence-electron chi connectivity index (χ4n) is 1.49.